The number of benzene rings is 1. The van der Waals surface area contributed by atoms with Crippen molar-refractivity contribution >= 4 is 35.6 Å². The maximum absolute atomic E-state index is 5.98. The van der Waals surface area contributed by atoms with Crippen molar-refractivity contribution in [2.45, 2.75) is 19.4 Å². The van der Waals surface area contributed by atoms with E-state index >= 15 is 0 Å². The highest BCUT2D eigenvalue weighted by atomic mass is 35.5. The summed E-state index contributed by atoms with van der Waals surface area (Å²) in [6.07, 6.45) is 1.08. The lowest BCUT2D eigenvalue weighted by molar-refractivity contribution is 0.211. The van der Waals surface area contributed by atoms with E-state index in [1.807, 2.05) is 14.0 Å². The molecule has 0 aliphatic rings. The van der Waals surface area contributed by atoms with E-state index in [1.165, 1.54) is 0 Å². The molecule has 92 valence electrons. The van der Waals surface area contributed by atoms with Crippen LogP contribution < -0.4 is 10.1 Å². The van der Waals surface area contributed by atoms with Crippen LogP contribution in [0.1, 0.15) is 13.3 Å². The third kappa shape index (κ3) is 5.26. The molecule has 0 bridgehead atoms. The minimum atomic E-state index is 0. The summed E-state index contributed by atoms with van der Waals surface area (Å²) in [7, 11) is 1.92. The highest BCUT2D eigenvalue weighted by molar-refractivity contribution is 6.35. The molecule has 0 aliphatic carbocycles. The van der Waals surface area contributed by atoms with E-state index in [0.29, 0.717) is 15.8 Å². The molecule has 1 rings (SSSR count). The standard InChI is InChI=1S/C11H15Cl2NO.ClH/c1-8(5-6-14-2)15-11-4-3-9(12)7-10(11)13;/h3-4,7-8,14H,5-6H2,1-2H3;1H. The molecule has 0 spiro atoms. The Balaban J connectivity index is 0.00000225. The fourth-order valence-corrected chi connectivity index (χ4v) is 1.65. The highest BCUT2D eigenvalue weighted by Crippen LogP contribution is 2.28. The molecule has 2 nitrogen and oxygen atoms in total. The first-order valence-electron chi connectivity index (χ1n) is 4.89. The SMILES string of the molecule is CNCCC(C)Oc1ccc(Cl)cc1Cl.Cl. The zero-order valence-electron chi connectivity index (χ0n) is 9.30. The first-order valence-corrected chi connectivity index (χ1v) is 5.65. The van der Waals surface area contributed by atoms with Crippen LogP contribution in [0.2, 0.25) is 10.0 Å². The number of rotatable bonds is 5. The zero-order chi connectivity index (χ0) is 11.3. The molecule has 0 aromatic heterocycles. The van der Waals surface area contributed by atoms with Gasteiger partial charge in [0, 0.05) is 5.02 Å². The maximum Gasteiger partial charge on any atom is 0.138 e. The summed E-state index contributed by atoms with van der Waals surface area (Å²) in [6, 6.07) is 5.25. The van der Waals surface area contributed by atoms with Crippen LogP contribution >= 0.6 is 35.6 Å². The number of hydrogen-bond donors (Lipinski definition) is 1. The zero-order valence-corrected chi connectivity index (χ0v) is 11.6. The van der Waals surface area contributed by atoms with E-state index in [4.69, 9.17) is 27.9 Å². The van der Waals surface area contributed by atoms with Gasteiger partial charge in [0.25, 0.3) is 0 Å². The molecule has 0 heterocycles. The predicted molar refractivity (Wildman–Crippen MR) is 72.3 cm³/mol. The van der Waals surface area contributed by atoms with Crippen LogP contribution in [-0.2, 0) is 0 Å². The monoisotopic (exact) mass is 283 g/mol. The fraction of sp³-hybridized carbons (Fsp3) is 0.455. The molecule has 1 aromatic carbocycles. The smallest absolute Gasteiger partial charge is 0.138 e. The van der Waals surface area contributed by atoms with Crippen molar-refractivity contribution in [1.82, 2.24) is 5.32 Å². The van der Waals surface area contributed by atoms with Crippen molar-refractivity contribution in [3.05, 3.63) is 28.2 Å². The van der Waals surface area contributed by atoms with Crippen LogP contribution in [0.4, 0.5) is 0 Å². The Bertz CT molecular complexity index is 320. The van der Waals surface area contributed by atoms with Gasteiger partial charge in [-0.1, -0.05) is 23.2 Å². The summed E-state index contributed by atoms with van der Waals surface area (Å²) >= 11 is 11.8. The van der Waals surface area contributed by atoms with E-state index in [9.17, 15) is 0 Å². The van der Waals surface area contributed by atoms with Gasteiger partial charge in [-0.2, -0.15) is 0 Å². The Morgan fingerprint density at radius 3 is 2.62 bits per heavy atom. The first-order chi connectivity index (χ1) is 7.13. The van der Waals surface area contributed by atoms with Gasteiger partial charge in [0.15, 0.2) is 0 Å². The van der Waals surface area contributed by atoms with Crippen molar-refractivity contribution in [2.24, 2.45) is 0 Å². The summed E-state index contributed by atoms with van der Waals surface area (Å²) < 4.78 is 5.67. The molecular formula is C11H16Cl3NO. The Morgan fingerprint density at radius 2 is 2.06 bits per heavy atom. The van der Waals surface area contributed by atoms with Crippen molar-refractivity contribution in [3.63, 3.8) is 0 Å². The minimum absolute atomic E-state index is 0. The first kappa shape index (κ1) is 15.9. The molecule has 5 heteroatoms. The topological polar surface area (TPSA) is 21.3 Å². The lowest BCUT2D eigenvalue weighted by atomic mass is 10.2. The van der Waals surface area contributed by atoms with Crippen LogP contribution in [0, 0.1) is 0 Å². The largest absolute Gasteiger partial charge is 0.489 e. The molecular weight excluding hydrogens is 268 g/mol. The van der Waals surface area contributed by atoms with Crippen LogP contribution in [-0.4, -0.2) is 19.7 Å². The van der Waals surface area contributed by atoms with Crippen molar-refractivity contribution < 1.29 is 4.74 Å². The quantitative estimate of drug-likeness (QED) is 0.888. The Labute approximate surface area is 113 Å². The molecule has 16 heavy (non-hydrogen) atoms. The van der Waals surface area contributed by atoms with Gasteiger partial charge in [-0.05, 0) is 45.1 Å². The average molecular weight is 285 g/mol. The van der Waals surface area contributed by atoms with Crippen LogP contribution in [0.5, 0.6) is 5.75 Å². The fourth-order valence-electron chi connectivity index (χ4n) is 1.19. The number of halogens is 3. The molecule has 0 saturated carbocycles. The second-order valence-corrected chi connectivity index (χ2v) is 4.24. The van der Waals surface area contributed by atoms with E-state index in [0.717, 1.165) is 13.0 Å². The van der Waals surface area contributed by atoms with Gasteiger partial charge in [-0.15, -0.1) is 12.4 Å². The average Bonchev–Trinajstić information content (AvgIpc) is 2.19. The molecule has 0 fully saturated rings. The lowest BCUT2D eigenvalue weighted by Gasteiger charge is -2.15. The van der Waals surface area contributed by atoms with Crippen molar-refractivity contribution in [2.75, 3.05) is 13.6 Å². The molecule has 0 amide bonds. The van der Waals surface area contributed by atoms with E-state index in [-0.39, 0.29) is 18.5 Å². The number of hydrogen-bond acceptors (Lipinski definition) is 2. The third-order valence-electron chi connectivity index (χ3n) is 2.02. The third-order valence-corrected chi connectivity index (χ3v) is 2.55. The summed E-state index contributed by atoms with van der Waals surface area (Å²) in [6.45, 7) is 2.94. The van der Waals surface area contributed by atoms with Crippen molar-refractivity contribution in [1.29, 1.82) is 0 Å². The maximum atomic E-state index is 5.98. The van der Waals surface area contributed by atoms with Gasteiger partial charge in [0.1, 0.15) is 5.75 Å². The second kappa shape index (κ2) is 8.02. The molecule has 1 atom stereocenters. The van der Waals surface area contributed by atoms with Gasteiger partial charge in [-0.25, -0.2) is 0 Å². The minimum Gasteiger partial charge on any atom is -0.489 e. The Morgan fingerprint density at radius 1 is 1.38 bits per heavy atom. The predicted octanol–water partition coefficient (Wildman–Crippen LogP) is 3.79. The highest BCUT2D eigenvalue weighted by Gasteiger charge is 2.07. The summed E-state index contributed by atoms with van der Waals surface area (Å²) in [5, 5.41) is 4.25. The Kier molecular flexibility index (Phi) is 7.94. The molecule has 1 aromatic rings. The molecule has 1 unspecified atom stereocenters. The molecule has 1 N–H and O–H groups in total. The normalized spacial score (nSPS) is 11.8. The molecule has 0 radical (unpaired) electrons. The molecule has 0 aliphatic heterocycles. The Hall–Kier alpha value is -0.150. The van der Waals surface area contributed by atoms with Crippen molar-refractivity contribution in [3.8, 4) is 5.75 Å². The van der Waals surface area contributed by atoms with E-state index in [2.05, 4.69) is 5.32 Å². The van der Waals surface area contributed by atoms with Crippen LogP contribution in [0.3, 0.4) is 0 Å². The molecule has 0 saturated heterocycles. The van der Waals surface area contributed by atoms with Crippen LogP contribution in [0.15, 0.2) is 18.2 Å². The van der Waals surface area contributed by atoms with E-state index < -0.39 is 0 Å². The van der Waals surface area contributed by atoms with Gasteiger partial charge < -0.3 is 10.1 Å². The second-order valence-electron chi connectivity index (χ2n) is 3.40. The van der Waals surface area contributed by atoms with Gasteiger partial charge >= 0.3 is 0 Å². The lowest BCUT2D eigenvalue weighted by Crippen LogP contribution is -2.19. The van der Waals surface area contributed by atoms with E-state index in [1.54, 1.807) is 18.2 Å². The summed E-state index contributed by atoms with van der Waals surface area (Å²) in [5.41, 5.74) is 0. The summed E-state index contributed by atoms with van der Waals surface area (Å²) in [5.74, 6) is 0.685. The number of ether oxygens (including phenoxy) is 1. The van der Waals surface area contributed by atoms with Gasteiger partial charge in [0.2, 0.25) is 0 Å². The van der Waals surface area contributed by atoms with Gasteiger partial charge in [0.05, 0.1) is 11.1 Å². The summed E-state index contributed by atoms with van der Waals surface area (Å²) in [4.78, 5) is 0. The van der Waals surface area contributed by atoms with Crippen LogP contribution in [0.25, 0.3) is 0 Å². The van der Waals surface area contributed by atoms with Gasteiger partial charge in [-0.3, -0.25) is 0 Å². The number of nitrogens with one attached hydrogen (secondary N) is 1.